The Morgan fingerprint density at radius 2 is 1.69 bits per heavy atom. The van der Waals surface area contributed by atoms with Crippen molar-refractivity contribution in [2.45, 2.75) is 32.2 Å². The molecule has 1 atom stereocenters. The molecular weight excluding hydrogens is 450 g/mol. The number of amides is 1. The van der Waals surface area contributed by atoms with E-state index in [1.807, 2.05) is 30.5 Å². The van der Waals surface area contributed by atoms with Crippen molar-refractivity contribution in [3.8, 4) is 0 Å². The number of rotatable bonds is 8. The minimum atomic E-state index is -1.36. The highest BCUT2D eigenvalue weighted by molar-refractivity contribution is 5.97. The number of aryl methyl sites for hydroxylation is 1. The van der Waals surface area contributed by atoms with Crippen LogP contribution in [-0.4, -0.2) is 28.0 Å². The fourth-order valence-electron chi connectivity index (χ4n) is 4.16. The van der Waals surface area contributed by atoms with Gasteiger partial charge in [-0.2, -0.15) is 0 Å². The molecule has 1 aromatic heterocycles. The average molecular weight is 475 g/mol. The van der Waals surface area contributed by atoms with Crippen molar-refractivity contribution >= 4 is 22.6 Å². The van der Waals surface area contributed by atoms with Crippen LogP contribution >= 0.6 is 0 Å². The van der Waals surface area contributed by atoms with Gasteiger partial charge in [-0.1, -0.05) is 49.4 Å². The standard InChI is InChI=1S/C28H24F2N2O3/c1-2-17-12-20-9-10-31-16-22(20)21(13-17)14-18-5-3-6-19(11-18)15-25(28(34)35)32-27(33)26-23(29)7-4-8-24(26)30/h3-13,16,25H,2,14-15H2,1H3,(H,32,33)(H,34,35). The molecule has 0 aliphatic rings. The zero-order chi connectivity index (χ0) is 24.9. The van der Waals surface area contributed by atoms with Crippen molar-refractivity contribution in [3.05, 3.63) is 113 Å². The van der Waals surface area contributed by atoms with Gasteiger partial charge in [-0.05, 0) is 58.7 Å². The van der Waals surface area contributed by atoms with E-state index >= 15 is 0 Å². The van der Waals surface area contributed by atoms with Gasteiger partial charge in [0, 0.05) is 24.2 Å². The van der Waals surface area contributed by atoms with Gasteiger partial charge >= 0.3 is 5.97 Å². The lowest BCUT2D eigenvalue weighted by atomic mass is 9.94. The van der Waals surface area contributed by atoms with Crippen LogP contribution in [-0.2, 0) is 24.1 Å². The van der Waals surface area contributed by atoms with Crippen molar-refractivity contribution in [2.75, 3.05) is 0 Å². The number of nitrogens with zero attached hydrogens (tertiary/aromatic N) is 1. The molecule has 0 aliphatic heterocycles. The summed E-state index contributed by atoms with van der Waals surface area (Å²) in [5.41, 5.74) is 3.17. The Bertz CT molecular complexity index is 1380. The van der Waals surface area contributed by atoms with Crippen molar-refractivity contribution < 1.29 is 23.5 Å². The highest BCUT2D eigenvalue weighted by Gasteiger charge is 2.25. The number of fused-ring (bicyclic) bond motifs is 1. The van der Waals surface area contributed by atoms with E-state index in [2.05, 4.69) is 29.4 Å². The smallest absolute Gasteiger partial charge is 0.326 e. The molecule has 4 aromatic rings. The summed E-state index contributed by atoms with van der Waals surface area (Å²) in [5.74, 6) is -4.51. The van der Waals surface area contributed by atoms with Gasteiger partial charge in [0.05, 0.1) is 0 Å². The molecule has 1 unspecified atom stereocenters. The third-order valence-corrected chi connectivity index (χ3v) is 5.93. The maximum Gasteiger partial charge on any atom is 0.326 e. The summed E-state index contributed by atoms with van der Waals surface area (Å²) in [6, 6.07) is 15.4. The Hall–Kier alpha value is -4.13. The molecule has 5 nitrogen and oxygen atoms in total. The normalized spacial score (nSPS) is 11.9. The largest absolute Gasteiger partial charge is 0.480 e. The van der Waals surface area contributed by atoms with Crippen LogP contribution in [0.3, 0.4) is 0 Å². The van der Waals surface area contributed by atoms with Crippen LogP contribution < -0.4 is 5.32 Å². The maximum absolute atomic E-state index is 14.0. The molecule has 7 heteroatoms. The van der Waals surface area contributed by atoms with Crippen LogP contribution in [0.4, 0.5) is 8.78 Å². The number of carboxylic acids is 1. The van der Waals surface area contributed by atoms with Gasteiger partial charge < -0.3 is 10.4 Å². The molecule has 0 saturated carbocycles. The first kappa shape index (κ1) is 24.0. The predicted molar refractivity (Wildman–Crippen MR) is 129 cm³/mol. The lowest BCUT2D eigenvalue weighted by Gasteiger charge is -2.16. The Morgan fingerprint density at radius 1 is 0.971 bits per heavy atom. The summed E-state index contributed by atoms with van der Waals surface area (Å²) in [6.07, 6.45) is 5.08. The number of carbonyl (C=O) groups is 2. The fourth-order valence-corrected chi connectivity index (χ4v) is 4.16. The molecule has 0 bridgehead atoms. The van der Waals surface area contributed by atoms with Crippen LogP contribution in [0.25, 0.3) is 10.8 Å². The van der Waals surface area contributed by atoms with E-state index in [0.29, 0.717) is 12.0 Å². The van der Waals surface area contributed by atoms with E-state index in [1.54, 1.807) is 12.3 Å². The van der Waals surface area contributed by atoms with Gasteiger partial charge in [-0.3, -0.25) is 9.78 Å². The molecule has 0 fully saturated rings. The highest BCUT2D eigenvalue weighted by atomic mass is 19.1. The second-order valence-electron chi connectivity index (χ2n) is 8.37. The number of benzene rings is 3. The molecule has 4 rings (SSSR count). The number of halogens is 2. The van der Waals surface area contributed by atoms with Gasteiger partial charge in [0.25, 0.3) is 5.91 Å². The van der Waals surface area contributed by atoms with E-state index in [1.165, 1.54) is 5.56 Å². The number of nitrogens with one attached hydrogen (secondary N) is 1. The summed E-state index contributed by atoms with van der Waals surface area (Å²) in [5, 5.41) is 14.0. The lowest BCUT2D eigenvalue weighted by molar-refractivity contribution is -0.139. The quantitative estimate of drug-likeness (QED) is 0.373. The first-order valence-corrected chi connectivity index (χ1v) is 11.3. The maximum atomic E-state index is 14.0. The third-order valence-electron chi connectivity index (χ3n) is 5.93. The molecule has 178 valence electrons. The molecular formula is C28H24F2N2O3. The number of hydrogen-bond donors (Lipinski definition) is 2. The van der Waals surface area contributed by atoms with Crippen LogP contribution in [0, 0.1) is 11.6 Å². The topological polar surface area (TPSA) is 79.3 Å². The fraction of sp³-hybridized carbons (Fsp3) is 0.179. The van der Waals surface area contributed by atoms with Crippen LogP contribution in [0.15, 0.2) is 73.1 Å². The van der Waals surface area contributed by atoms with Crippen LogP contribution in [0.1, 0.15) is 39.5 Å². The van der Waals surface area contributed by atoms with E-state index in [9.17, 15) is 23.5 Å². The number of carbonyl (C=O) groups excluding carboxylic acids is 1. The lowest BCUT2D eigenvalue weighted by Crippen LogP contribution is -2.43. The van der Waals surface area contributed by atoms with E-state index in [4.69, 9.17) is 0 Å². The Balaban J connectivity index is 1.56. The van der Waals surface area contributed by atoms with Gasteiger partial charge in [0.2, 0.25) is 0 Å². The second-order valence-corrected chi connectivity index (χ2v) is 8.37. The van der Waals surface area contributed by atoms with Crippen LogP contribution in [0.2, 0.25) is 0 Å². The number of aliphatic carboxylic acids is 1. The summed E-state index contributed by atoms with van der Waals surface area (Å²) in [6.45, 7) is 2.10. The van der Waals surface area contributed by atoms with Gasteiger partial charge in [-0.25, -0.2) is 13.6 Å². The van der Waals surface area contributed by atoms with E-state index in [-0.39, 0.29) is 6.42 Å². The van der Waals surface area contributed by atoms with E-state index in [0.717, 1.165) is 46.5 Å². The Morgan fingerprint density at radius 3 is 2.40 bits per heavy atom. The molecule has 1 amide bonds. The number of carboxylic acid groups (broad SMARTS) is 1. The summed E-state index contributed by atoms with van der Waals surface area (Å²) in [7, 11) is 0. The molecule has 0 aliphatic carbocycles. The average Bonchev–Trinajstić information content (AvgIpc) is 2.83. The third kappa shape index (κ3) is 5.51. The molecule has 0 spiro atoms. The zero-order valence-corrected chi connectivity index (χ0v) is 19.1. The van der Waals surface area contributed by atoms with Crippen molar-refractivity contribution in [1.82, 2.24) is 10.3 Å². The summed E-state index contributed by atoms with van der Waals surface area (Å²) in [4.78, 5) is 28.5. The SMILES string of the molecule is CCc1cc(Cc2cccc(CC(NC(=O)c3c(F)cccc3F)C(=O)O)c2)c2cnccc2c1. The highest BCUT2D eigenvalue weighted by Crippen LogP contribution is 2.24. The summed E-state index contributed by atoms with van der Waals surface area (Å²) < 4.78 is 27.9. The number of aromatic nitrogens is 1. The molecule has 35 heavy (non-hydrogen) atoms. The van der Waals surface area contributed by atoms with Crippen molar-refractivity contribution in [2.24, 2.45) is 0 Å². The molecule has 1 heterocycles. The molecule has 0 saturated heterocycles. The predicted octanol–water partition coefficient (Wildman–Crippen LogP) is 5.09. The molecule has 3 aromatic carbocycles. The van der Waals surface area contributed by atoms with Gasteiger partial charge in [0.15, 0.2) is 0 Å². The number of pyridine rings is 1. The monoisotopic (exact) mass is 474 g/mol. The number of hydrogen-bond acceptors (Lipinski definition) is 3. The van der Waals surface area contributed by atoms with Crippen molar-refractivity contribution in [3.63, 3.8) is 0 Å². The van der Waals surface area contributed by atoms with E-state index < -0.39 is 35.1 Å². The Kier molecular flexibility index (Phi) is 7.15. The minimum Gasteiger partial charge on any atom is -0.480 e. The summed E-state index contributed by atoms with van der Waals surface area (Å²) >= 11 is 0. The first-order valence-electron chi connectivity index (χ1n) is 11.3. The first-order chi connectivity index (χ1) is 16.9. The van der Waals surface area contributed by atoms with Gasteiger partial charge in [0.1, 0.15) is 23.2 Å². The zero-order valence-electron chi connectivity index (χ0n) is 19.1. The van der Waals surface area contributed by atoms with Crippen LogP contribution in [0.5, 0.6) is 0 Å². The Labute approximate surface area is 201 Å². The van der Waals surface area contributed by atoms with Crippen molar-refractivity contribution in [1.29, 1.82) is 0 Å². The molecule has 2 N–H and O–H groups in total. The van der Waals surface area contributed by atoms with Gasteiger partial charge in [-0.15, -0.1) is 0 Å². The minimum absolute atomic E-state index is 0.0394. The molecule has 0 radical (unpaired) electrons. The second kappa shape index (κ2) is 10.4.